The second kappa shape index (κ2) is 8.64. The Labute approximate surface area is 205 Å². The molecule has 2 heterocycles. The molecule has 35 heavy (non-hydrogen) atoms. The summed E-state index contributed by atoms with van der Waals surface area (Å²) in [5.41, 5.74) is 2.33. The van der Waals surface area contributed by atoms with Crippen LogP contribution in [0.25, 0.3) is 11.3 Å². The van der Waals surface area contributed by atoms with Gasteiger partial charge in [-0.3, -0.25) is 0 Å². The number of hydrogen-bond donors (Lipinski definition) is 2. The standard InChI is InChI=1S/C26H34FN3O4S/c27-20-5-3-4-19-22-14-29-15-30(22)21(24(19)20)10-23(31)26-11-16-8-17(12-26)25(18(9-16)13-26)34-6-1-2-7-35(28,32)33/h3-5,14-18,21,23,25,31H,1-2,6-13H2,(H2,28,32,33). The average Bonchev–Trinajstić information content (AvgIpc) is 3.37. The molecule has 3 N–H and O–H groups in total. The molecule has 4 aliphatic carbocycles. The summed E-state index contributed by atoms with van der Waals surface area (Å²) in [5.74, 6) is 1.23. The van der Waals surface area contributed by atoms with Gasteiger partial charge in [-0.25, -0.2) is 22.9 Å². The van der Waals surface area contributed by atoms with Gasteiger partial charge < -0.3 is 14.4 Å². The topological polar surface area (TPSA) is 107 Å². The number of nitrogens with zero attached hydrogens (tertiary/aromatic N) is 2. The lowest BCUT2D eigenvalue weighted by Gasteiger charge is -2.61. The van der Waals surface area contributed by atoms with Crippen molar-refractivity contribution in [1.82, 2.24) is 9.55 Å². The number of sulfonamides is 1. The first kappa shape index (κ1) is 23.6. The molecule has 1 aromatic carbocycles. The number of aromatic nitrogens is 2. The van der Waals surface area contributed by atoms with E-state index in [0.29, 0.717) is 49.2 Å². The number of aliphatic hydroxyl groups excluding tert-OH is 1. The monoisotopic (exact) mass is 503 g/mol. The van der Waals surface area contributed by atoms with Crippen LogP contribution in [0.1, 0.15) is 63.0 Å². The van der Waals surface area contributed by atoms with Crippen LogP contribution in [0.15, 0.2) is 30.7 Å². The maximum absolute atomic E-state index is 14.9. The summed E-state index contributed by atoms with van der Waals surface area (Å²) in [5, 5.41) is 16.8. The third-order valence-electron chi connectivity index (χ3n) is 9.18. The first-order valence-electron chi connectivity index (χ1n) is 12.8. The quantitative estimate of drug-likeness (QED) is 0.508. The molecule has 0 saturated heterocycles. The van der Waals surface area contributed by atoms with Crippen LogP contribution in [0.3, 0.4) is 0 Å². The molecule has 4 bridgehead atoms. The van der Waals surface area contributed by atoms with Crippen molar-refractivity contribution < 1.29 is 22.7 Å². The molecule has 1 aromatic heterocycles. The van der Waals surface area contributed by atoms with Crippen LogP contribution < -0.4 is 5.14 Å². The van der Waals surface area contributed by atoms with Gasteiger partial charge in [-0.15, -0.1) is 0 Å². The maximum atomic E-state index is 14.9. The van der Waals surface area contributed by atoms with Crippen LogP contribution in [-0.2, 0) is 14.8 Å². The van der Waals surface area contributed by atoms with Crippen LogP contribution >= 0.6 is 0 Å². The number of imidazole rings is 1. The fourth-order valence-electron chi connectivity index (χ4n) is 8.04. The Bertz CT molecular complexity index is 1200. The van der Waals surface area contributed by atoms with Gasteiger partial charge in [0.2, 0.25) is 10.0 Å². The minimum Gasteiger partial charge on any atom is -0.392 e. The van der Waals surface area contributed by atoms with E-state index in [4.69, 9.17) is 9.88 Å². The molecule has 4 atom stereocenters. The Morgan fingerprint density at radius 1 is 1.23 bits per heavy atom. The maximum Gasteiger partial charge on any atom is 0.209 e. The highest BCUT2D eigenvalue weighted by molar-refractivity contribution is 7.89. The Hall–Kier alpha value is -1.81. The molecule has 4 unspecified atom stereocenters. The summed E-state index contributed by atoms with van der Waals surface area (Å²) >= 11 is 0. The lowest BCUT2D eigenvalue weighted by Crippen LogP contribution is -2.58. The minimum absolute atomic E-state index is 0.00518. The van der Waals surface area contributed by atoms with E-state index in [2.05, 4.69) is 4.98 Å². The number of unbranched alkanes of at least 4 members (excludes halogenated alkanes) is 1. The fraction of sp³-hybridized carbons (Fsp3) is 0.654. The SMILES string of the molecule is NS(=O)(=O)CCCCOC1C2CC3CC1CC(C(O)CC1c4c(F)cccc4-c4cncn41)(C3)C2. The molecule has 190 valence electrons. The van der Waals surface area contributed by atoms with Gasteiger partial charge in [-0.05, 0) is 80.6 Å². The molecule has 9 heteroatoms. The number of ether oxygens (including phenoxy) is 1. The first-order chi connectivity index (χ1) is 16.7. The summed E-state index contributed by atoms with van der Waals surface area (Å²) in [4.78, 5) is 4.29. The van der Waals surface area contributed by atoms with Gasteiger partial charge in [0, 0.05) is 17.7 Å². The van der Waals surface area contributed by atoms with Gasteiger partial charge in [0.05, 0.1) is 42.2 Å². The summed E-state index contributed by atoms with van der Waals surface area (Å²) in [6, 6.07) is 4.94. The normalized spacial score (nSPS) is 33.6. The first-order valence-corrected chi connectivity index (χ1v) is 14.6. The van der Waals surface area contributed by atoms with Crippen molar-refractivity contribution in [3.63, 3.8) is 0 Å². The molecule has 1 aliphatic heterocycles. The van der Waals surface area contributed by atoms with Crippen molar-refractivity contribution in [2.24, 2.45) is 28.3 Å². The number of halogens is 1. The van der Waals surface area contributed by atoms with Crippen LogP contribution in [-0.4, -0.2) is 47.6 Å². The van der Waals surface area contributed by atoms with Crippen molar-refractivity contribution in [2.45, 2.75) is 69.6 Å². The van der Waals surface area contributed by atoms with E-state index in [0.717, 1.165) is 43.4 Å². The van der Waals surface area contributed by atoms with E-state index in [1.54, 1.807) is 18.6 Å². The van der Waals surface area contributed by atoms with Gasteiger partial charge in [0.25, 0.3) is 0 Å². The molecule has 5 aliphatic rings. The van der Waals surface area contributed by atoms with Crippen molar-refractivity contribution in [3.8, 4) is 11.3 Å². The molecule has 0 spiro atoms. The number of aliphatic hydroxyl groups is 1. The van der Waals surface area contributed by atoms with Gasteiger partial charge in [-0.1, -0.05) is 12.1 Å². The van der Waals surface area contributed by atoms with Gasteiger partial charge in [0.1, 0.15) is 5.82 Å². The zero-order valence-electron chi connectivity index (χ0n) is 19.9. The van der Waals surface area contributed by atoms with Crippen molar-refractivity contribution in [3.05, 3.63) is 42.1 Å². The Kier molecular flexibility index (Phi) is 5.82. The third kappa shape index (κ3) is 4.14. The summed E-state index contributed by atoms with van der Waals surface area (Å²) < 4.78 is 45.5. The molecular formula is C26H34FN3O4S. The number of hydrogen-bond acceptors (Lipinski definition) is 5. The van der Waals surface area contributed by atoms with E-state index in [1.807, 2.05) is 10.6 Å². The molecule has 4 fully saturated rings. The number of benzene rings is 1. The Balaban J connectivity index is 1.15. The molecule has 4 saturated carbocycles. The molecule has 2 aromatic rings. The zero-order chi connectivity index (χ0) is 24.4. The highest BCUT2D eigenvalue weighted by Gasteiger charge is 2.58. The van der Waals surface area contributed by atoms with Crippen LogP contribution in [0.2, 0.25) is 0 Å². The Morgan fingerprint density at radius 2 is 2.00 bits per heavy atom. The van der Waals surface area contributed by atoms with Crippen LogP contribution in [0.5, 0.6) is 0 Å². The van der Waals surface area contributed by atoms with E-state index in [1.165, 1.54) is 6.07 Å². The third-order valence-corrected chi connectivity index (χ3v) is 10.0. The molecule has 7 nitrogen and oxygen atoms in total. The van der Waals surface area contributed by atoms with Crippen LogP contribution in [0, 0.1) is 29.0 Å². The number of rotatable bonds is 9. The van der Waals surface area contributed by atoms with Crippen LogP contribution in [0.4, 0.5) is 4.39 Å². The van der Waals surface area contributed by atoms with E-state index < -0.39 is 16.1 Å². The fourth-order valence-corrected chi connectivity index (χ4v) is 8.64. The summed E-state index contributed by atoms with van der Waals surface area (Å²) in [7, 11) is -3.42. The largest absolute Gasteiger partial charge is 0.392 e. The molecule has 7 rings (SSSR count). The van der Waals surface area contributed by atoms with Crippen molar-refractivity contribution >= 4 is 10.0 Å². The highest BCUT2D eigenvalue weighted by atomic mass is 32.2. The molecule has 0 amide bonds. The average molecular weight is 504 g/mol. The van der Waals surface area contributed by atoms with Crippen molar-refractivity contribution in [1.29, 1.82) is 0 Å². The zero-order valence-corrected chi connectivity index (χ0v) is 20.7. The van der Waals surface area contributed by atoms with E-state index in [9.17, 15) is 17.9 Å². The lowest BCUT2D eigenvalue weighted by molar-refractivity contribution is -0.189. The van der Waals surface area contributed by atoms with Crippen molar-refractivity contribution in [2.75, 3.05) is 12.4 Å². The van der Waals surface area contributed by atoms with E-state index >= 15 is 0 Å². The molecule has 0 radical (unpaired) electrons. The van der Waals surface area contributed by atoms with Gasteiger partial charge in [0.15, 0.2) is 0 Å². The van der Waals surface area contributed by atoms with Gasteiger partial charge >= 0.3 is 0 Å². The number of nitrogens with two attached hydrogens (primary N) is 1. The second-order valence-corrected chi connectivity index (χ2v) is 13.1. The Morgan fingerprint density at radius 3 is 2.74 bits per heavy atom. The molecular weight excluding hydrogens is 469 g/mol. The number of primary sulfonamides is 1. The number of fused-ring (bicyclic) bond motifs is 3. The lowest BCUT2D eigenvalue weighted by atomic mass is 9.46. The summed E-state index contributed by atoms with van der Waals surface area (Å²) in [6.07, 6.45) is 10.1. The second-order valence-electron chi connectivity index (χ2n) is 11.4. The predicted octanol–water partition coefficient (Wildman–Crippen LogP) is 3.62. The predicted molar refractivity (Wildman–Crippen MR) is 129 cm³/mol. The highest BCUT2D eigenvalue weighted by Crippen LogP contribution is 2.63. The summed E-state index contributed by atoms with van der Waals surface area (Å²) in [6.45, 7) is 0.551. The van der Waals surface area contributed by atoms with Gasteiger partial charge in [-0.2, -0.15) is 0 Å². The van der Waals surface area contributed by atoms with E-state index in [-0.39, 0.29) is 29.1 Å². The smallest absolute Gasteiger partial charge is 0.209 e. The minimum atomic E-state index is -3.42.